The Bertz CT molecular complexity index is 787. The number of methoxy groups -OCH3 is 2. The molecule has 0 amide bonds. The molecule has 0 aromatic heterocycles. The van der Waals surface area contributed by atoms with E-state index in [0.29, 0.717) is 35.9 Å². The molecule has 0 radical (unpaired) electrons. The number of rotatable bonds is 8. The molecule has 0 unspecified atom stereocenters. The van der Waals surface area contributed by atoms with Gasteiger partial charge in [0.15, 0.2) is 0 Å². The third-order valence-corrected chi connectivity index (χ3v) is 3.84. The van der Waals surface area contributed by atoms with E-state index >= 15 is 0 Å². The molecule has 0 saturated carbocycles. The van der Waals surface area contributed by atoms with Crippen LogP contribution in [0.15, 0.2) is 42.5 Å². The van der Waals surface area contributed by atoms with Crippen LogP contribution in [0.1, 0.15) is 17.5 Å². The summed E-state index contributed by atoms with van der Waals surface area (Å²) < 4.78 is 15.6. The number of anilines is 2. The summed E-state index contributed by atoms with van der Waals surface area (Å²) in [5, 5.41) is 0. The van der Waals surface area contributed by atoms with E-state index in [1.807, 2.05) is 18.2 Å². The van der Waals surface area contributed by atoms with Crippen LogP contribution in [-0.2, 0) is 16.0 Å². The summed E-state index contributed by atoms with van der Waals surface area (Å²) in [7, 11) is 3.15. The molecule has 4 N–H and O–H groups in total. The molecule has 0 aliphatic carbocycles. The highest BCUT2D eigenvalue weighted by Crippen LogP contribution is 2.25. The van der Waals surface area contributed by atoms with Crippen molar-refractivity contribution < 1.29 is 19.0 Å². The van der Waals surface area contributed by atoms with Crippen LogP contribution >= 0.6 is 0 Å². The lowest BCUT2D eigenvalue weighted by atomic mass is 10.1. The average Bonchev–Trinajstić information content (AvgIpc) is 2.64. The molecular formula is C20H24N2O4. The number of benzene rings is 2. The zero-order chi connectivity index (χ0) is 18.9. The average molecular weight is 356 g/mol. The number of carbonyl (C=O) groups excluding carboxylic acids is 1. The largest absolute Gasteiger partial charge is 0.497 e. The standard InChI is InChI=1S/C20H24N2O4/c1-24-17-9-6-15(19(13-17)25-2)7-10-20(23)26-11-3-4-14-5-8-16(21)12-18(14)22/h5-10,12-13H,3-4,11,21-22H2,1-2H3/b10-7+. The van der Waals surface area contributed by atoms with Gasteiger partial charge in [0.1, 0.15) is 11.5 Å². The minimum absolute atomic E-state index is 0.312. The molecule has 0 atom stereocenters. The molecule has 0 heterocycles. The molecule has 2 aromatic carbocycles. The van der Waals surface area contributed by atoms with Crippen LogP contribution in [0.2, 0.25) is 0 Å². The van der Waals surface area contributed by atoms with Crippen molar-refractivity contribution in [3.8, 4) is 11.5 Å². The zero-order valence-corrected chi connectivity index (χ0v) is 15.0. The summed E-state index contributed by atoms with van der Waals surface area (Å²) in [6, 6.07) is 10.8. The lowest BCUT2D eigenvalue weighted by molar-refractivity contribution is -0.137. The van der Waals surface area contributed by atoms with Gasteiger partial charge < -0.3 is 25.7 Å². The number of hydrogen-bond donors (Lipinski definition) is 2. The molecule has 0 fully saturated rings. The van der Waals surface area contributed by atoms with Crippen LogP contribution in [0.5, 0.6) is 11.5 Å². The highest BCUT2D eigenvalue weighted by Gasteiger charge is 2.04. The van der Waals surface area contributed by atoms with E-state index in [2.05, 4.69) is 0 Å². The Morgan fingerprint density at radius 2 is 1.88 bits per heavy atom. The molecule has 0 bridgehead atoms. The molecule has 0 aliphatic rings. The minimum Gasteiger partial charge on any atom is -0.497 e. The van der Waals surface area contributed by atoms with E-state index in [9.17, 15) is 4.79 Å². The van der Waals surface area contributed by atoms with E-state index in [1.54, 1.807) is 38.5 Å². The second kappa shape index (κ2) is 9.36. The van der Waals surface area contributed by atoms with Crippen molar-refractivity contribution in [2.24, 2.45) is 0 Å². The molecule has 0 spiro atoms. The monoisotopic (exact) mass is 356 g/mol. The maximum Gasteiger partial charge on any atom is 0.330 e. The van der Waals surface area contributed by atoms with Crippen molar-refractivity contribution in [2.45, 2.75) is 12.8 Å². The topological polar surface area (TPSA) is 96.8 Å². The van der Waals surface area contributed by atoms with Crippen LogP contribution < -0.4 is 20.9 Å². The SMILES string of the molecule is COc1ccc(/C=C/C(=O)OCCCc2ccc(N)cc2N)c(OC)c1. The molecular weight excluding hydrogens is 332 g/mol. The Hall–Kier alpha value is -3.15. The van der Waals surface area contributed by atoms with Crippen LogP contribution in [0, 0.1) is 0 Å². The number of aryl methyl sites for hydroxylation is 1. The Labute approximate surface area is 153 Å². The van der Waals surface area contributed by atoms with Gasteiger partial charge in [-0.25, -0.2) is 4.79 Å². The summed E-state index contributed by atoms with van der Waals surface area (Å²) in [5.74, 6) is 0.892. The molecule has 6 heteroatoms. The maximum atomic E-state index is 11.8. The Morgan fingerprint density at radius 1 is 1.08 bits per heavy atom. The smallest absolute Gasteiger partial charge is 0.330 e. The van der Waals surface area contributed by atoms with Crippen LogP contribution in [0.3, 0.4) is 0 Å². The minimum atomic E-state index is -0.409. The summed E-state index contributed by atoms with van der Waals surface area (Å²) >= 11 is 0. The molecule has 2 rings (SSSR count). The van der Waals surface area contributed by atoms with Crippen molar-refractivity contribution in [3.63, 3.8) is 0 Å². The number of esters is 1. The lowest BCUT2D eigenvalue weighted by Gasteiger charge is -2.08. The molecule has 0 saturated heterocycles. The number of carbonyl (C=O) groups is 1. The second-order valence-electron chi connectivity index (χ2n) is 5.67. The van der Waals surface area contributed by atoms with Gasteiger partial charge in [-0.2, -0.15) is 0 Å². The van der Waals surface area contributed by atoms with Crippen molar-refractivity contribution >= 4 is 23.4 Å². The first-order chi connectivity index (χ1) is 12.5. The number of nitrogens with two attached hydrogens (primary N) is 2. The normalized spacial score (nSPS) is 10.7. The third kappa shape index (κ3) is 5.44. The summed E-state index contributed by atoms with van der Waals surface area (Å²) in [4.78, 5) is 11.8. The van der Waals surface area contributed by atoms with Crippen molar-refractivity contribution in [3.05, 3.63) is 53.6 Å². The van der Waals surface area contributed by atoms with E-state index in [1.165, 1.54) is 6.08 Å². The van der Waals surface area contributed by atoms with Crippen LogP contribution in [0.4, 0.5) is 11.4 Å². The van der Waals surface area contributed by atoms with E-state index < -0.39 is 5.97 Å². The first-order valence-electron chi connectivity index (χ1n) is 8.24. The van der Waals surface area contributed by atoms with E-state index in [0.717, 1.165) is 17.5 Å². The highest BCUT2D eigenvalue weighted by atomic mass is 16.5. The van der Waals surface area contributed by atoms with Crippen molar-refractivity contribution in [2.75, 3.05) is 32.3 Å². The second-order valence-corrected chi connectivity index (χ2v) is 5.67. The first-order valence-corrected chi connectivity index (χ1v) is 8.24. The number of hydrogen-bond acceptors (Lipinski definition) is 6. The van der Waals surface area contributed by atoms with Crippen LogP contribution in [0.25, 0.3) is 6.08 Å². The van der Waals surface area contributed by atoms with Gasteiger partial charge in [-0.05, 0) is 48.7 Å². The summed E-state index contributed by atoms with van der Waals surface area (Å²) in [5.41, 5.74) is 14.6. The van der Waals surface area contributed by atoms with Gasteiger partial charge in [-0.3, -0.25) is 0 Å². The zero-order valence-electron chi connectivity index (χ0n) is 15.0. The molecule has 6 nitrogen and oxygen atoms in total. The van der Waals surface area contributed by atoms with Gasteiger partial charge in [0.05, 0.1) is 20.8 Å². The Morgan fingerprint density at radius 3 is 2.58 bits per heavy atom. The quantitative estimate of drug-likeness (QED) is 0.327. The van der Waals surface area contributed by atoms with Gasteiger partial charge in [-0.15, -0.1) is 0 Å². The fourth-order valence-electron chi connectivity index (χ4n) is 2.44. The van der Waals surface area contributed by atoms with Gasteiger partial charge in [0.25, 0.3) is 0 Å². The Kier molecular flexibility index (Phi) is 6.91. The fraction of sp³-hybridized carbons (Fsp3) is 0.250. The van der Waals surface area contributed by atoms with Crippen molar-refractivity contribution in [1.82, 2.24) is 0 Å². The predicted octanol–water partition coefficient (Wildman–Crippen LogP) is 3.06. The summed E-state index contributed by atoms with van der Waals surface area (Å²) in [6.07, 6.45) is 4.43. The highest BCUT2D eigenvalue weighted by molar-refractivity contribution is 5.87. The Balaban J connectivity index is 1.82. The summed E-state index contributed by atoms with van der Waals surface area (Å²) in [6.45, 7) is 0.312. The predicted molar refractivity (Wildman–Crippen MR) is 103 cm³/mol. The number of nitrogen functional groups attached to an aromatic ring is 2. The molecule has 138 valence electrons. The van der Waals surface area contributed by atoms with E-state index in [4.69, 9.17) is 25.7 Å². The third-order valence-electron chi connectivity index (χ3n) is 3.84. The van der Waals surface area contributed by atoms with Gasteiger partial charge in [0.2, 0.25) is 0 Å². The fourth-order valence-corrected chi connectivity index (χ4v) is 2.44. The maximum absolute atomic E-state index is 11.8. The van der Waals surface area contributed by atoms with Gasteiger partial charge in [0, 0.05) is 29.1 Å². The van der Waals surface area contributed by atoms with E-state index in [-0.39, 0.29) is 0 Å². The van der Waals surface area contributed by atoms with Crippen molar-refractivity contribution in [1.29, 1.82) is 0 Å². The first kappa shape index (κ1) is 19.2. The van der Waals surface area contributed by atoms with Crippen LogP contribution in [-0.4, -0.2) is 26.8 Å². The molecule has 0 aliphatic heterocycles. The van der Waals surface area contributed by atoms with Gasteiger partial charge in [-0.1, -0.05) is 6.07 Å². The number of ether oxygens (including phenoxy) is 3. The van der Waals surface area contributed by atoms with Gasteiger partial charge >= 0.3 is 5.97 Å². The molecule has 26 heavy (non-hydrogen) atoms. The lowest BCUT2D eigenvalue weighted by Crippen LogP contribution is -2.04. The molecule has 2 aromatic rings.